The molecular weight excluding hydrogens is 352 g/mol. The molecule has 1 saturated carbocycles. The largest absolute Gasteiger partial charge is 0.494 e. The molecule has 142 valence electrons. The number of carbonyl (C=O) groups excluding carboxylic acids is 1. The van der Waals surface area contributed by atoms with Crippen molar-refractivity contribution < 1.29 is 14.3 Å². The van der Waals surface area contributed by atoms with E-state index < -0.39 is 0 Å². The Bertz CT molecular complexity index is 1020. The number of para-hydroxylation sites is 1. The SMILES string of the molecule is CCOc1ccc(-c2cc(C(=O)NC3C[C@@H]4O[C@@H]4C3)c3ccccc3n2)cc1. The van der Waals surface area contributed by atoms with E-state index in [2.05, 4.69) is 5.32 Å². The van der Waals surface area contributed by atoms with E-state index >= 15 is 0 Å². The maximum atomic E-state index is 13.1. The van der Waals surface area contributed by atoms with Crippen LogP contribution in [0.1, 0.15) is 30.1 Å². The summed E-state index contributed by atoms with van der Waals surface area (Å²) in [7, 11) is 0. The Morgan fingerprint density at radius 3 is 2.64 bits per heavy atom. The smallest absolute Gasteiger partial charge is 0.252 e. The second kappa shape index (κ2) is 6.91. The van der Waals surface area contributed by atoms with Gasteiger partial charge in [0.2, 0.25) is 0 Å². The van der Waals surface area contributed by atoms with Gasteiger partial charge in [0.15, 0.2) is 0 Å². The summed E-state index contributed by atoms with van der Waals surface area (Å²) < 4.78 is 11.0. The molecule has 1 aromatic heterocycles. The van der Waals surface area contributed by atoms with Gasteiger partial charge < -0.3 is 14.8 Å². The quantitative estimate of drug-likeness (QED) is 0.687. The highest BCUT2D eigenvalue weighted by molar-refractivity contribution is 6.07. The molecule has 2 aromatic carbocycles. The third-order valence-electron chi connectivity index (χ3n) is 5.48. The van der Waals surface area contributed by atoms with Crippen molar-refractivity contribution in [2.45, 2.75) is 38.0 Å². The molecule has 2 fully saturated rings. The number of nitrogens with one attached hydrogen (secondary N) is 1. The zero-order chi connectivity index (χ0) is 19.1. The van der Waals surface area contributed by atoms with E-state index in [9.17, 15) is 4.79 Å². The molecule has 0 radical (unpaired) electrons. The summed E-state index contributed by atoms with van der Waals surface area (Å²) in [5.74, 6) is 0.782. The van der Waals surface area contributed by atoms with Gasteiger partial charge in [0.05, 0.1) is 35.6 Å². The van der Waals surface area contributed by atoms with Gasteiger partial charge in [-0.25, -0.2) is 4.98 Å². The summed E-state index contributed by atoms with van der Waals surface area (Å²) in [6.45, 7) is 2.59. The fourth-order valence-electron chi connectivity index (χ4n) is 4.03. The minimum atomic E-state index is -0.0444. The lowest BCUT2D eigenvalue weighted by molar-refractivity contribution is 0.0930. The average molecular weight is 374 g/mol. The summed E-state index contributed by atoms with van der Waals surface area (Å²) in [6, 6.07) is 17.7. The molecule has 1 aliphatic heterocycles. The molecule has 5 nitrogen and oxygen atoms in total. The summed E-state index contributed by atoms with van der Waals surface area (Å²) in [5.41, 5.74) is 3.22. The number of nitrogens with zero attached hydrogens (tertiary/aromatic N) is 1. The van der Waals surface area contributed by atoms with Gasteiger partial charge in [-0.15, -0.1) is 0 Å². The molecule has 3 atom stereocenters. The van der Waals surface area contributed by atoms with E-state index in [0.717, 1.165) is 40.8 Å². The van der Waals surface area contributed by atoms with E-state index in [1.165, 1.54) is 0 Å². The third-order valence-corrected chi connectivity index (χ3v) is 5.48. The predicted molar refractivity (Wildman–Crippen MR) is 107 cm³/mol. The highest BCUT2D eigenvalue weighted by atomic mass is 16.6. The van der Waals surface area contributed by atoms with Crippen LogP contribution in [0.2, 0.25) is 0 Å². The minimum Gasteiger partial charge on any atom is -0.494 e. The molecule has 3 aromatic rings. The van der Waals surface area contributed by atoms with Crippen LogP contribution in [0.4, 0.5) is 0 Å². The van der Waals surface area contributed by atoms with Crippen molar-refractivity contribution in [3.8, 4) is 17.0 Å². The van der Waals surface area contributed by atoms with Gasteiger partial charge in [-0.2, -0.15) is 0 Å². The first-order valence-electron chi connectivity index (χ1n) is 9.80. The molecule has 0 spiro atoms. The Labute approximate surface area is 163 Å². The van der Waals surface area contributed by atoms with Crippen LogP contribution in [0.15, 0.2) is 54.6 Å². The average Bonchev–Trinajstić information content (AvgIpc) is 3.33. The Hall–Kier alpha value is -2.92. The molecular formula is C23H22N2O3. The number of pyridine rings is 1. The van der Waals surface area contributed by atoms with E-state index in [-0.39, 0.29) is 11.9 Å². The summed E-state index contributed by atoms with van der Waals surface area (Å²) >= 11 is 0. The van der Waals surface area contributed by atoms with Crippen LogP contribution in [0.3, 0.4) is 0 Å². The van der Waals surface area contributed by atoms with Crippen LogP contribution >= 0.6 is 0 Å². The van der Waals surface area contributed by atoms with Gasteiger partial charge in [0, 0.05) is 17.0 Å². The van der Waals surface area contributed by atoms with Crippen molar-refractivity contribution in [1.29, 1.82) is 0 Å². The van der Waals surface area contributed by atoms with Crippen molar-refractivity contribution >= 4 is 16.8 Å². The summed E-state index contributed by atoms with van der Waals surface area (Å²) in [6.07, 6.45) is 2.51. The molecule has 1 saturated heterocycles. The topological polar surface area (TPSA) is 63.8 Å². The molecule has 0 bridgehead atoms. The Morgan fingerprint density at radius 1 is 1.14 bits per heavy atom. The molecule has 2 heterocycles. The number of ether oxygens (including phenoxy) is 2. The van der Waals surface area contributed by atoms with Crippen LogP contribution in [0.5, 0.6) is 5.75 Å². The van der Waals surface area contributed by atoms with Crippen LogP contribution in [0, 0.1) is 0 Å². The van der Waals surface area contributed by atoms with Gasteiger partial charge >= 0.3 is 0 Å². The number of hydrogen-bond acceptors (Lipinski definition) is 4. The van der Waals surface area contributed by atoms with Crippen LogP contribution in [-0.2, 0) is 4.74 Å². The van der Waals surface area contributed by atoms with Gasteiger partial charge in [0.25, 0.3) is 5.91 Å². The van der Waals surface area contributed by atoms with Crippen LogP contribution < -0.4 is 10.1 Å². The first kappa shape index (κ1) is 17.2. The Morgan fingerprint density at radius 2 is 1.89 bits per heavy atom. The van der Waals surface area contributed by atoms with Crippen molar-refractivity contribution in [2.75, 3.05) is 6.61 Å². The van der Waals surface area contributed by atoms with E-state index in [0.29, 0.717) is 24.4 Å². The number of hydrogen-bond donors (Lipinski definition) is 1. The normalized spacial score (nSPS) is 22.7. The number of rotatable bonds is 5. The lowest BCUT2D eigenvalue weighted by atomic mass is 10.0. The fourth-order valence-corrected chi connectivity index (χ4v) is 4.03. The molecule has 1 unspecified atom stereocenters. The number of amides is 1. The monoisotopic (exact) mass is 374 g/mol. The first-order chi connectivity index (χ1) is 13.7. The third kappa shape index (κ3) is 3.22. The summed E-state index contributed by atoms with van der Waals surface area (Å²) in [5, 5.41) is 4.06. The number of carbonyl (C=O) groups is 1. The van der Waals surface area contributed by atoms with Crippen molar-refractivity contribution in [2.24, 2.45) is 0 Å². The highest BCUT2D eigenvalue weighted by Gasteiger charge is 2.48. The lowest BCUT2D eigenvalue weighted by Gasteiger charge is -2.16. The van der Waals surface area contributed by atoms with E-state index in [1.54, 1.807) is 0 Å². The first-order valence-corrected chi connectivity index (χ1v) is 9.80. The minimum absolute atomic E-state index is 0.0444. The van der Waals surface area contributed by atoms with Gasteiger partial charge in [-0.1, -0.05) is 18.2 Å². The Balaban J connectivity index is 1.49. The fraction of sp³-hybridized carbons (Fsp3) is 0.304. The molecule has 5 heteroatoms. The predicted octanol–water partition coefficient (Wildman–Crippen LogP) is 3.96. The molecule has 1 amide bonds. The van der Waals surface area contributed by atoms with Crippen molar-refractivity contribution in [3.05, 3.63) is 60.2 Å². The highest BCUT2D eigenvalue weighted by Crippen LogP contribution is 2.38. The van der Waals surface area contributed by atoms with E-state index in [4.69, 9.17) is 14.5 Å². The number of benzene rings is 2. The molecule has 1 N–H and O–H groups in total. The van der Waals surface area contributed by atoms with Crippen molar-refractivity contribution in [1.82, 2.24) is 10.3 Å². The molecule has 2 aliphatic rings. The van der Waals surface area contributed by atoms with E-state index in [1.807, 2.05) is 61.5 Å². The zero-order valence-corrected chi connectivity index (χ0v) is 15.7. The maximum Gasteiger partial charge on any atom is 0.252 e. The second-order valence-electron chi connectivity index (χ2n) is 7.38. The summed E-state index contributed by atoms with van der Waals surface area (Å²) in [4.78, 5) is 17.8. The number of aromatic nitrogens is 1. The van der Waals surface area contributed by atoms with Gasteiger partial charge in [0.1, 0.15) is 5.75 Å². The molecule has 1 aliphatic carbocycles. The molecule has 5 rings (SSSR count). The maximum absolute atomic E-state index is 13.1. The second-order valence-corrected chi connectivity index (χ2v) is 7.38. The van der Waals surface area contributed by atoms with Gasteiger partial charge in [-0.05, 0) is 56.2 Å². The van der Waals surface area contributed by atoms with Crippen LogP contribution in [0.25, 0.3) is 22.2 Å². The number of epoxide rings is 1. The Kier molecular flexibility index (Phi) is 4.24. The number of fused-ring (bicyclic) bond motifs is 2. The lowest BCUT2D eigenvalue weighted by Crippen LogP contribution is -2.34. The zero-order valence-electron chi connectivity index (χ0n) is 15.7. The molecule has 28 heavy (non-hydrogen) atoms. The van der Waals surface area contributed by atoms with Crippen molar-refractivity contribution in [3.63, 3.8) is 0 Å². The van der Waals surface area contributed by atoms with Crippen LogP contribution in [-0.4, -0.2) is 35.7 Å². The standard InChI is InChI=1S/C23H22N2O3/c1-2-27-16-9-7-14(8-10-16)20-13-18(17-5-3-4-6-19(17)25-20)23(26)24-15-11-21-22(12-15)28-21/h3-10,13,15,21-22H,2,11-12H2,1H3,(H,24,26)/t15?,21-,22+. The van der Waals surface area contributed by atoms with Gasteiger partial charge in [-0.3, -0.25) is 4.79 Å².